The fourth-order valence-corrected chi connectivity index (χ4v) is 2.83. The molecule has 0 unspecified atom stereocenters. The number of aliphatic hydroxyl groups excluding tert-OH is 1. The van der Waals surface area contributed by atoms with E-state index >= 15 is 0 Å². The number of aromatic nitrogens is 2. The number of rotatable bonds is 7. The van der Waals surface area contributed by atoms with Crippen molar-refractivity contribution < 1.29 is 5.11 Å². The highest BCUT2D eigenvalue weighted by Gasteiger charge is 2.19. The second kappa shape index (κ2) is 7.26. The van der Waals surface area contributed by atoms with Gasteiger partial charge in [-0.2, -0.15) is 5.10 Å². The van der Waals surface area contributed by atoms with Crippen LogP contribution in [0.1, 0.15) is 38.1 Å². The van der Waals surface area contributed by atoms with Crippen molar-refractivity contribution in [1.29, 1.82) is 0 Å². The smallest absolute Gasteiger partial charge is 0.0739 e. The Bertz CT molecular complexity index is 375. The van der Waals surface area contributed by atoms with E-state index < -0.39 is 0 Å². The highest BCUT2D eigenvalue weighted by Crippen LogP contribution is 2.23. The predicted octanol–water partition coefficient (Wildman–Crippen LogP) is 2.47. The molecular formula is C13H24BrN3O. The zero-order chi connectivity index (χ0) is 13.7. The van der Waals surface area contributed by atoms with E-state index in [0.717, 1.165) is 29.6 Å². The Hall–Kier alpha value is -0.390. The van der Waals surface area contributed by atoms with Crippen LogP contribution in [0.4, 0.5) is 0 Å². The molecule has 0 spiro atoms. The van der Waals surface area contributed by atoms with Crippen LogP contribution in [0.3, 0.4) is 0 Å². The fourth-order valence-electron chi connectivity index (χ4n) is 2.37. The summed E-state index contributed by atoms with van der Waals surface area (Å²) in [7, 11) is 1.97. The molecular weight excluding hydrogens is 294 g/mol. The average molecular weight is 318 g/mol. The Kier molecular flexibility index (Phi) is 6.32. The lowest BCUT2D eigenvalue weighted by molar-refractivity contribution is 0.133. The summed E-state index contributed by atoms with van der Waals surface area (Å²) in [4.78, 5) is 2.33. The van der Waals surface area contributed by atoms with Crippen LogP contribution in [0.5, 0.6) is 0 Å². The number of hydrogen-bond donors (Lipinski definition) is 1. The molecule has 0 radical (unpaired) electrons. The molecule has 1 rings (SSSR count). The molecule has 18 heavy (non-hydrogen) atoms. The van der Waals surface area contributed by atoms with Gasteiger partial charge < -0.3 is 5.11 Å². The zero-order valence-corrected chi connectivity index (χ0v) is 13.4. The minimum absolute atomic E-state index is 0.199. The summed E-state index contributed by atoms with van der Waals surface area (Å²) in [5.74, 6) is 0. The van der Waals surface area contributed by atoms with Crippen LogP contribution in [-0.2, 0) is 13.6 Å². The first-order valence-electron chi connectivity index (χ1n) is 6.57. The van der Waals surface area contributed by atoms with E-state index in [1.54, 1.807) is 0 Å². The van der Waals surface area contributed by atoms with Gasteiger partial charge in [-0.25, -0.2) is 0 Å². The quantitative estimate of drug-likeness (QED) is 0.840. The number of aliphatic hydroxyl groups is 1. The van der Waals surface area contributed by atoms with Gasteiger partial charge in [-0.05, 0) is 35.7 Å². The first kappa shape index (κ1) is 15.7. The molecule has 0 aliphatic rings. The van der Waals surface area contributed by atoms with Gasteiger partial charge in [0.1, 0.15) is 0 Å². The molecule has 104 valence electrons. The van der Waals surface area contributed by atoms with Crippen LogP contribution < -0.4 is 0 Å². The normalized spacial score (nSPS) is 11.8. The second-order valence-electron chi connectivity index (χ2n) is 4.63. The van der Waals surface area contributed by atoms with E-state index in [9.17, 15) is 5.11 Å². The molecule has 0 saturated heterocycles. The monoisotopic (exact) mass is 317 g/mol. The Labute approximate surface area is 118 Å². The molecule has 0 amide bonds. The van der Waals surface area contributed by atoms with Crippen LogP contribution in [0, 0.1) is 6.92 Å². The lowest BCUT2D eigenvalue weighted by Crippen LogP contribution is -2.36. The third kappa shape index (κ3) is 3.56. The van der Waals surface area contributed by atoms with Crippen molar-refractivity contribution in [3.8, 4) is 0 Å². The van der Waals surface area contributed by atoms with Crippen LogP contribution in [-0.4, -0.2) is 39.0 Å². The van der Waals surface area contributed by atoms with E-state index in [4.69, 9.17) is 0 Å². The van der Waals surface area contributed by atoms with Gasteiger partial charge in [-0.1, -0.05) is 13.8 Å². The van der Waals surface area contributed by atoms with Crippen molar-refractivity contribution in [3.63, 3.8) is 0 Å². The van der Waals surface area contributed by atoms with E-state index in [0.29, 0.717) is 12.6 Å². The highest BCUT2D eigenvalue weighted by atomic mass is 79.9. The maximum absolute atomic E-state index is 9.22. The molecule has 0 saturated carbocycles. The number of aryl methyl sites for hydroxylation is 2. The zero-order valence-electron chi connectivity index (χ0n) is 11.8. The standard InChI is InChI=1S/C13H24BrN3O/c1-5-11(6-2)17(7-8-18)9-12-13(14)10(3)15-16(12)4/h11,18H,5-9H2,1-4H3. The maximum Gasteiger partial charge on any atom is 0.0739 e. The Morgan fingerprint density at radius 1 is 1.39 bits per heavy atom. The van der Waals surface area contributed by atoms with Gasteiger partial charge in [0, 0.05) is 26.2 Å². The molecule has 0 bridgehead atoms. The highest BCUT2D eigenvalue weighted by molar-refractivity contribution is 9.10. The first-order chi connectivity index (χ1) is 8.54. The van der Waals surface area contributed by atoms with E-state index in [1.807, 2.05) is 18.7 Å². The maximum atomic E-state index is 9.22. The van der Waals surface area contributed by atoms with Crippen LogP contribution in [0.25, 0.3) is 0 Å². The molecule has 1 heterocycles. The summed E-state index contributed by atoms with van der Waals surface area (Å²) in [5, 5.41) is 13.6. The molecule has 4 nitrogen and oxygen atoms in total. The lowest BCUT2D eigenvalue weighted by atomic mass is 10.1. The van der Waals surface area contributed by atoms with Gasteiger partial charge in [0.2, 0.25) is 0 Å². The largest absolute Gasteiger partial charge is 0.395 e. The number of nitrogens with zero attached hydrogens (tertiary/aromatic N) is 3. The van der Waals surface area contributed by atoms with Gasteiger partial charge in [0.15, 0.2) is 0 Å². The van der Waals surface area contributed by atoms with Crippen molar-refractivity contribution in [2.75, 3.05) is 13.2 Å². The molecule has 0 fully saturated rings. The topological polar surface area (TPSA) is 41.3 Å². The summed E-state index contributed by atoms with van der Waals surface area (Å²) in [6.45, 7) is 8.13. The molecule has 1 aromatic rings. The van der Waals surface area contributed by atoms with E-state index in [-0.39, 0.29) is 6.61 Å². The van der Waals surface area contributed by atoms with Crippen molar-refractivity contribution in [1.82, 2.24) is 14.7 Å². The fraction of sp³-hybridized carbons (Fsp3) is 0.769. The van der Waals surface area contributed by atoms with Crippen LogP contribution >= 0.6 is 15.9 Å². The minimum atomic E-state index is 0.199. The van der Waals surface area contributed by atoms with Crippen LogP contribution in [0.15, 0.2) is 4.47 Å². The second-order valence-corrected chi connectivity index (χ2v) is 5.43. The Morgan fingerprint density at radius 2 is 2.00 bits per heavy atom. The predicted molar refractivity (Wildman–Crippen MR) is 77.5 cm³/mol. The van der Waals surface area contributed by atoms with Gasteiger partial charge in [0.05, 0.1) is 22.5 Å². The SMILES string of the molecule is CCC(CC)N(CCO)Cc1c(Br)c(C)nn1C. The Morgan fingerprint density at radius 3 is 2.39 bits per heavy atom. The summed E-state index contributed by atoms with van der Waals surface area (Å²) >= 11 is 3.60. The molecule has 1 N–H and O–H groups in total. The van der Waals surface area contributed by atoms with Gasteiger partial charge >= 0.3 is 0 Å². The van der Waals surface area contributed by atoms with Crippen molar-refractivity contribution >= 4 is 15.9 Å². The van der Waals surface area contributed by atoms with Crippen LogP contribution in [0.2, 0.25) is 0 Å². The minimum Gasteiger partial charge on any atom is -0.395 e. The summed E-state index contributed by atoms with van der Waals surface area (Å²) in [5.41, 5.74) is 2.19. The summed E-state index contributed by atoms with van der Waals surface area (Å²) < 4.78 is 3.01. The third-order valence-electron chi connectivity index (χ3n) is 3.46. The van der Waals surface area contributed by atoms with Gasteiger partial charge in [-0.15, -0.1) is 0 Å². The van der Waals surface area contributed by atoms with Gasteiger partial charge in [0.25, 0.3) is 0 Å². The van der Waals surface area contributed by atoms with E-state index in [2.05, 4.69) is 39.8 Å². The molecule has 5 heteroatoms. The summed E-state index contributed by atoms with van der Waals surface area (Å²) in [6, 6.07) is 0.513. The molecule has 0 atom stereocenters. The molecule has 1 aromatic heterocycles. The molecule has 0 aliphatic carbocycles. The van der Waals surface area contributed by atoms with Crippen molar-refractivity contribution in [2.45, 2.75) is 46.2 Å². The Balaban J connectivity index is 2.88. The number of halogens is 1. The molecule has 0 aliphatic heterocycles. The molecule has 0 aromatic carbocycles. The first-order valence-corrected chi connectivity index (χ1v) is 7.37. The van der Waals surface area contributed by atoms with Crippen molar-refractivity contribution in [2.24, 2.45) is 7.05 Å². The van der Waals surface area contributed by atoms with Gasteiger partial charge in [-0.3, -0.25) is 9.58 Å². The summed E-state index contributed by atoms with van der Waals surface area (Å²) in [6.07, 6.45) is 2.20. The van der Waals surface area contributed by atoms with E-state index in [1.165, 1.54) is 5.69 Å². The lowest BCUT2D eigenvalue weighted by Gasteiger charge is -2.29. The third-order valence-corrected chi connectivity index (χ3v) is 4.49. The number of hydrogen-bond acceptors (Lipinski definition) is 3. The van der Waals surface area contributed by atoms with Crippen molar-refractivity contribution in [3.05, 3.63) is 15.9 Å². The average Bonchev–Trinajstić information content (AvgIpc) is 2.57.